The Balaban J connectivity index is 1.65. The summed E-state index contributed by atoms with van der Waals surface area (Å²) in [6, 6.07) is -0.0510. The van der Waals surface area contributed by atoms with Gasteiger partial charge < -0.3 is 15.5 Å². The Labute approximate surface area is 119 Å². The first-order chi connectivity index (χ1) is 9.11. The van der Waals surface area contributed by atoms with Crippen LogP contribution in [0.25, 0.3) is 0 Å². The van der Waals surface area contributed by atoms with Crippen molar-refractivity contribution in [2.75, 3.05) is 39.5 Å². The molecule has 1 saturated carbocycles. The lowest BCUT2D eigenvalue weighted by Gasteiger charge is -2.31. The quantitative estimate of drug-likeness (QED) is 0.772. The summed E-state index contributed by atoms with van der Waals surface area (Å²) < 4.78 is 0. The van der Waals surface area contributed by atoms with Crippen LogP contribution < -0.4 is 10.6 Å². The van der Waals surface area contributed by atoms with Crippen molar-refractivity contribution in [1.29, 1.82) is 0 Å². The lowest BCUT2D eigenvalue weighted by molar-refractivity contribution is 0.217. The summed E-state index contributed by atoms with van der Waals surface area (Å²) in [5.41, 5.74) is 0.495. The number of amidine groups is 1. The molecule has 0 aromatic heterocycles. The van der Waals surface area contributed by atoms with Crippen molar-refractivity contribution in [3.05, 3.63) is 0 Å². The van der Waals surface area contributed by atoms with E-state index in [1.165, 1.54) is 36.3 Å². The molecule has 0 bridgehead atoms. The van der Waals surface area contributed by atoms with E-state index >= 15 is 0 Å². The highest BCUT2D eigenvalue weighted by molar-refractivity contribution is 8.13. The van der Waals surface area contributed by atoms with Gasteiger partial charge in [0.05, 0.1) is 0 Å². The number of amides is 2. The zero-order chi connectivity index (χ0) is 13.7. The van der Waals surface area contributed by atoms with Crippen LogP contribution in [0.4, 0.5) is 4.79 Å². The van der Waals surface area contributed by atoms with Gasteiger partial charge in [0.2, 0.25) is 0 Å². The molecule has 0 aromatic rings. The zero-order valence-corrected chi connectivity index (χ0v) is 12.7. The third-order valence-corrected chi connectivity index (χ3v) is 5.12. The molecule has 2 N–H and O–H groups in total. The van der Waals surface area contributed by atoms with E-state index in [2.05, 4.69) is 15.6 Å². The van der Waals surface area contributed by atoms with Gasteiger partial charge in [-0.2, -0.15) is 0 Å². The van der Waals surface area contributed by atoms with Gasteiger partial charge in [0.1, 0.15) is 0 Å². The number of nitrogens with zero attached hydrogens (tertiary/aromatic N) is 2. The Bertz CT molecular complexity index is 351. The van der Waals surface area contributed by atoms with Crippen molar-refractivity contribution in [1.82, 2.24) is 15.5 Å². The minimum Gasteiger partial charge on any atom is -0.363 e. The second-order valence-electron chi connectivity index (χ2n) is 5.67. The molecule has 2 aliphatic rings. The van der Waals surface area contributed by atoms with Crippen LogP contribution >= 0.6 is 11.8 Å². The molecule has 108 valence electrons. The van der Waals surface area contributed by atoms with E-state index < -0.39 is 0 Å². The van der Waals surface area contributed by atoms with Gasteiger partial charge in [0.15, 0.2) is 5.17 Å². The van der Waals surface area contributed by atoms with Crippen LogP contribution in [0.2, 0.25) is 0 Å². The molecule has 1 aliphatic carbocycles. The lowest BCUT2D eigenvalue weighted by atomic mass is 9.89. The second-order valence-corrected chi connectivity index (χ2v) is 6.63. The maximum absolute atomic E-state index is 11.3. The van der Waals surface area contributed by atoms with Crippen LogP contribution in [0.5, 0.6) is 0 Å². The molecule has 1 aliphatic heterocycles. The van der Waals surface area contributed by atoms with Gasteiger partial charge in [-0.05, 0) is 18.3 Å². The summed E-state index contributed by atoms with van der Waals surface area (Å²) in [5.74, 6) is 1.20. The molecule has 0 radical (unpaired) electrons. The van der Waals surface area contributed by atoms with Crippen LogP contribution in [0.1, 0.15) is 25.7 Å². The largest absolute Gasteiger partial charge is 0.363 e. The van der Waals surface area contributed by atoms with Crippen LogP contribution in [-0.2, 0) is 0 Å². The van der Waals surface area contributed by atoms with Crippen molar-refractivity contribution in [2.24, 2.45) is 10.4 Å². The molecule has 0 saturated heterocycles. The smallest absolute Gasteiger partial charge is 0.316 e. The number of hydrogen-bond acceptors (Lipinski definition) is 4. The number of nitrogens with one attached hydrogen (secondary N) is 2. The molecule has 19 heavy (non-hydrogen) atoms. The number of urea groups is 1. The van der Waals surface area contributed by atoms with Gasteiger partial charge in [-0.3, -0.25) is 4.99 Å². The van der Waals surface area contributed by atoms with Gasteiger partial charge in [-0.25, -0.2) is 4.79 Å². The maximum atomic E-state index is 11.3. The van der Waals surface area contributed by atoms with E-state index in [1.54, 1.807) is 14.1 Å². The van der Waals surface area contributed by atoms with Crippen molar-refractivity contribution >= 4 is 23.0 Å². The van der Waals surface area contributed by atoms with Crippen molar-refractivity contribution in [3.8, 4) is 0 Å². The number of carbonyl (C=O) groups excluding carboxylic acids is 1. The summed E-state index contributed by atoms with van der Waals surface area (Å²) in [6.07, 6.45) is 5.43. The minimum absolute atomic E-state index is 0.0510. The summed E-state index contributed by atoms with van der Waals surface area (Å²) in [7, 11) is 3.48. The van der Waals surface area contributed by atoms with Crippen LogP contribution in [0.3, 0.4) is 0 Å². The fourth-order valence-electron chi connectivity index (χ4n) is 2.58. The maximum Gasteiger partial charge on any atom is 0.316 e. The van der Waals surface area contributed by atoms with E-state index in [1.807, 2.05) is 11.8 Å². The average molecular weight is 284 g/mol. The number of rotatable bonds is 3. The molecular weight excluding hydrogens is 260 g/mol. The molecule has 2 rings (SSSR count). The van der Waals surface area contributed by atoms with Crippen LogP contribution in [0, 0.1) is 5.41 Å². The van der Waals surface area contributed by atoms with E-state index in [4.69, 9.17) is 0 Å². The van der Waals surface area contributed by atoms with Gasteiger partial charge in [-0.1, -0.05) is 24.6 Å². The molecular formula is C13H24N4OS. The summed E-state index contributed by atoms with van der Waals surface area (Å²) in [4.78, 5) is 17.5. The molecule has 0 atom stereocenters. The summed E-state index contributed by atoms with van der Waals surface area (Å²) in [6.45, 7) is 2.34. The molecule has 2 amide bonds. The van der Waals surface area contributed by atoms with E-state index in [9.17, 15) is 4.79 Å². The highest BCUT2D eigenvalue weighted by Gasteiger charge is 2.36. The monoisotopic (exact) mass is 284 g/mol. The fraction of sp³-hybridized carbons (Fsp3) is 0.846. The van der Waals surface area contributed by atoms with E-state index in [0.717, 1.165) is 18.3 Å². The Hall–Kier alpha value is -0.910. The molecule has 1 spiro atoms. The molecule has 0 unspecified atom stereocenters. The third-order valence-electron chi connectivity index (χ3n) is 3.82. The minimum atomic E-state index is -0.0510. The molecule has 6 heteroatoms. The first kappa shape index (κ1) is 14.5. The van der Waals surface area contributed by atoms with Crippen molar-refractivity contribution < 1.29 is 4.79 Å². The molecule has 5 nitrogen and oxygen atoms in total. The van der Waals surface area contributed by atoms with Crippen LogP contribution in [0.15, 0.2) is 4.99 Å². The Morgan fingerprint density at radius 1 is 1.37 bits per heavy atom. The topological polar surface area (TPSA) is 56.7 Å². The van der Waals surface area contributed by atoms with Crippen molar-refractivity contribution in [3.63, 3.8) is 0 Å². The van der Waals surface area contributed by atoms with Gasteiger partial charge in [0.25, 0.3) is 0 Å². The van der Waals surface area contributed by atoms with E-state index in [-0.39, 0.29) is 6.03 Å². The van der Waals surface area contributed by atoms with E-state index in [0.29, 0.717) is 12.0 Å². The SMILES string of the molecule is CN(C)C(=O)NCCNC1=NCC2(CCCC2)CS1. The number of carbonyl (C=O) groups is 1. The predicted molar refractivity (Wildman–Crippen MR) is 80.7 cm³/mol. The van der Waals surface area contributed by atoms with Gasteiger partial charge >= 0.3 is 6.03 Å². The first-order valence-electron chi connectivity index (χ1n) is 6.98. The normalized spacial score (nSPS) is 21.1. The standard InChI is InChI=1S/C13H24N4OS/c1-17(2)12(18)15-8-7-14-11-16-9-13(10-19-11)5-3-4-6-13/h3-10H2,1-2H3,(H,14,16)(H,15,18). The average Bonchev–Trinajstić information content (AvgIpc) is 2.85. The Morgan fingerprint density at radius 2 is 2.11 bits per heavy atom. The first-order valence-corrected chi connectivity index (χ1v) is 7.96. The second kappa shape index (κ2) is 6.50. The van der Waals surface area contributed by atoms with Crippen molar-refractivity contribution in [2.45, 2.75) is 25.7 Å². The summed E-state index contributed by atoms with van der Waals surface area (Å²) in [5, 5.41) is 7.17. The summed E-state index contributed by atoms with van der Waals surface area (Å²) >= 11 is 1.84. The predicted octanol–water partition coefficient (Wildman–Crippen LogP) is 1.51. The fourth-order valence-corrected chi connectivity index (χ4v) is 3.77. The zero-order valence-electron chi connectivity index (χ0n) is 11.9. The third kappa shape index (κ3) is 4.03. The molecule has 0 aromatic carbocycles. The Morgan fingerprint density at radius 3 is 2.68 bits per heavy atom. The number of aliphatic imine (C=N–C) groups is 1. The van der Waals surface area contributed by atoms with Crippen LogP contribution in [-0.4, -0.2) is 55.6 Å². The highest BCUT2D eigenvalue weighted by atomic mass is 32.2. The molecule has 1 fully saturated rings. The molecule has 1 heterocycles. The van der Waals surface area contributed by atoms with Gasteiger partial charge in [-0.15, -0.1) is 0 Å². The Kier molecular flexibility index (Phi) is 4.96. The lowest BCUT2D eigenvalue weighted by Crippen LogP contribution is -2.40. The number of hydrogen-bond donors (Lipinski definition) is 2. The highest BCUT2D eigenvalue weighted by Crippen LogP contribution is 2.43. The van der Waals surface area contributed by atoms with Gasteiger partial charge in [0, 0.05) is 39.5 Å². The number of thioether (sulfide) groups is 1.